The van der Waals surface area contributed by atoms with Crippen LogP contribution in [-0.2, 0) is 10.0 Å². The van der Waals surface area contributed by atoms with Crippen molar-refractivity contribution in [2.24, 2.45) is 11.7 Å². The molecule has 0 saturated heterocycles. The highest BCUT2D eigenvalue weighted by Crippen LogP contribution is 2.29. The Balaban J connectivity index is 2.32. The summed E-state index contributed by atoms with van der Waals surface area (Å²) < 4.78 is 40.3. The molecule has 0 amide bonds. The number of sulfonamides is 1. The van der Waals surface area contributed by atoms with E-state index in [1.165, 1.54) is 16.4 Å². The molecule has 1 aromatic carbocycles. The van der Waals surface area contributed by atoms with Crippen LogP contribution in [0, 0.1) is 11.7 Å². The maximum absolute atomic E-state index is 13.6. The second-order valence-corrected chi connectivity index (χ2v) is 7.64. The number of nitrogens with two attached hydrogens (primary N) is 1. The van der Waals surface area contributed by atoms with E-state index in [-0.39, 0.29) is 15.4 Å². The molecule has 0 radical (unpaired) electrons. The van der Waals surface area contributed by atoms with Crippen molar-refractivity contribution < 1.29 is 12.8 Å². The molecule has 4 nitrogen and oxygen atoms in total. The fourth-order valence-electron chi connectivity index (χ4n) is 2.36. The molecule has 2 rings (SSSR count). The number of thiocarbonyl (C=S) groups is 1. The minimum absolute atomic E-state index is 0.0351. The molecule has 0 unspecified atom stereocenters. The van der Waals surface area contributed by atoms with Gasteiger partial charge in [-0.05, 0) is 37.0 Å². The molecule has 2 N–H and O–H groups in total. The van der Waals surface area contributed by atoms with E-state index >= 15 is 0 Å². The maximum atomic E-state index is 13.6. The average Bonchev–Trinajstić information content (AvgIpc) is 2.37. The van der Waals surface area contributed by atoms with Crippen molar-refractivity contribution >= 4 is 27.2 Å². The van der Waals surface area contributed by atoms with Crippen LogP contribution < -0.4 is 5.73 Å². The highest BCUT2D eigenvalue weighted by Gasteiger charge is 2.29. The third-order valence-corrected chi connectivity index (χ3v) is 6.04. The van der Waals surface area contributed by atoms with Gasteiger partial charge in [-0.25, -0.2) is 12.8 Å². The summed E-state index contributed by atoms with van der Waals surface area (Å²) in [5.74, 6) is -0.182. The Kier molecular flexibility index (Phi) is 4.95. The number of halogens is 1. The van der Waals surface area contributed by atoms with E-state index in [1.807, 2.05) is 0 Å². The lowest BCUT2D eigenvalue weighted by molar-refractivity contribution is 0.250. The van der Waals surface area contributed by atoms with E-state index in [4.69, 9.17) is 18.0 Å². The summed E-state index contributed by atoms with van der Waals surface area (Å²) in [6.07, 6.45) is 3.28. The van der Waals surface area contributed by atoms with Crippen LogP contribution in [0.4, 0.5) is 4.39 Å². The number of hydrogen-bond acceptors (Lipinski definition) is 3. The summed E-state index contributed by atoms with van der Waals surface area (Å²) in [6.45, 7) is 2.70. The van der Waals surface area contributed by atoms with Crippen molar-refractivity contribution in [3.8, 4) is 0 Å². The van der Waals surface area contributed by atoms with Crippen LogP contribution in [-0.4, -0.2) is 30.8 Å². The molecule has 116 valence electrons. The summed E-state index contributed by atoms with van der Waals surface area (Å²) in [5.41, 5.74) is 5.39. The second-order valence-electron chi connectivity index (χ2n) is 5.26. The Labute approximate surface area is 130 Å². The molecule has 0 aromatic heterocycles. The molecule has 0 spiro atoms. The van der Waals surface area contributed by atoms with Crippen molar-refractivity contribution in [2.75, 3.05) is 13.1 Å². The molecule has 0 atom stereocenters. The van der Waals surface area contributed by atoms with Gasteiger partial charge in [0.25, 0.3) is 0 Å². The van der Waals surface area contributed by atoms with E-state index in [0.29, 0.717) is 19.0 Å². The Morgan fingerprint density at radius 1 is 1.48 bits per heavy atom. The largest absolute Gasteiger partial charge is 0.389 e. The molecule has 1 aliphatic carbocycles. The number of nitrogens with zero attached hydrogens (tertiary/aromatic N) is 1. The van der Waals surface area contributed by atoms with Crippen molar-refractivity contribution in [3.05, 3.63) is 29.6 Å². The van der Waals surface area contributed by atoms with Crippen molar-refractivity contribution in [1.29, 1.82) is 0 Å². The highest BCUT2D eigenvalue weighted by molar-refractivity contribution is 7.89. The first-order chi connectivity index (χ1) is 9.86. The van der Waals surface area contributed by atoms with E-state index in [1.54, 1.807) is 6.92 Å². The third-order valence-electron chi connectivity index (χ3n) is 3.88. The van der Waals surface area contributed by atoms with E-state index in [2.05, 4.69) is 0 Å². The average molecular weight is 330 g/mol. The van der Waals surface area contributed by atoms with Crippen LogP contribution in [0.1, 0.15) is 31.7 Å². The summed E-state index contributed by atoms with van der Waals surface area (Å²) in [4.78, 5) is -0.112. The van der Waals surface area contributed by atoms with Crippen LogP contribution in [0.2, 0.25) is 0 Å². The minimum Gasteiger partial charge on any atom is -0.389 e. The Hall–Kier alpha value is -1.05. The lowest BCUT2D eigenvalue weighted by atomic mass is 9.85. The molecule has 1 saturated carbocycles. The van der Waals surface area contributed by atoms with Gasteiger partial charge in [0.05, 0.1) is 4.90 Å². The zero-order chi connectivity index (χ0) is 15.6. The zero-order valence-electron chi connectivity index (χ0n) is 11.9. The van der Waals surface area contributed by atoms with Gasteiger partial charge in [-0.2, -0.15) is 4.31 Å². The standard InChI is InChI=1S/C14H19FN2O2S2/c1-2-17(9-10-4-3-5-10)21(18,19)11-6-7-13(15)12(8-11)14(16)20/h6-8,10H,2-5,9H2,1H3,(H2,16,20). The molecular weight excluding hydrogens is 311 g/mol. The molecule has 1 aliphatic rings. The monoisotopic (exact) mass is 330 g/mol. The van der Waals surface area contributed by atoms with Gasteiger partial charge < -0.3 is 5.73 Å². The second kappa shape index (κ2) is 6.37. The van der Waals surface area contributed by atoms with Gasteiger partial charge in [0.15, 0.2) is 0 Å². The van der Waals surface area contributed by atoms with Crippen molar-refractivity contribution in [3.63, 3.8) is 0 Å². The quantitative estimate of drug-likeness (QED) is 0.813. The highest BCUT2D eigenvalue weighted by atomic mass is 32.2. The van der Waals surface area contributed by atoms with E-state index < -0.39 is 15.8 Å². The normalized spacial score (nSPS) is 16.0. The predicted molar refractivity (Wildman–Crippen MR) is 84.1 cm³/mol. The van der Waals surface area contributed by atoms with Gasteiger partial charge >= 0.3 is 0 Å². The fraction of sp³-hybridized carbons (Fsp3) is 0.500. The first kappa shape index (κ1) is 16.3. The predicted octanol–water partition coefficient (Wildman–Crippen LogP) is 2.27. The smallest absolute Gasteiger partial charge is 0.243 e. The van der Waals surface area contributed by atoms with Crippen LogP contribution in [0.3, 0.4) is 0 Å². The Morgan fingerprint density at radius 3 is 2.62 bits per heavy atom. The van der Waals surface area contributed by atoms with Gasteiger partial charge in [-0.1, -0.05) is 25.6 Å². The lowest BCUT2D eigenvalue weighted by Gasteiger charge is -2.31. The molecule has 1 fully saturated rings. The summed E-state index contributed by atoms with van der Waals surface area (Å²) >= 11 is 4.75. The van der Waals surface area contributed by atoms with Crippen molar-refractivity contribution in [2.45, 2.75) is 31.1 Å². The molecule has 0 heterocycles. The van der Waals surface area contributed by atoms with Crippen LogP contribution in [0.25, 0.3) is 0 Å². The Bertz CT molecular complexity index is 642. The third kappa shape index (κ3) is 3.41. The minimum atomic E-state index is -3.64. The van der Waals surface area contributed by atoms with Crippen LogP contribution in [0.5, 0.6) is 0 Å². The fourth-order valence-corrected chi connectivity index (χ4v) is 4.07. The number of rotatable bonds is 6. The first-order valence-corrected chi connectivity index (χ1v) is 8.80. The molecule has 7 heteroatoms. The Morgan fingerprint density at radius 2 is 2.14 bits per heavy atom. The maximum Gasteiger partial charge on any atom is 0.243 e. The topological polar surface area (TPSA) is 63.4 Å². The molecular formula is C14H19FN2O2S2. The van der Waals surface area contributed by atoms with Gasteiger partial charge in [-0.3, -0.25) is 0 Å². The SMILES string of the molecule is CCN(CC1CCC1)S(=O)(=O)c1ccc(F)c(C(N)=S)c1. The van der Waals surface area contributed by atoms with Gasteiger partial charge in [0.1, 0.15) is 10.8 Å². The van der Waals surface area contributed by atoms with Gasteiger partial charge in [0.2, 0.25) is 10.0 Å². The zero-order valence-corrected chi connectivity index (χ0v) is 13.5. The molecule has 0 aliphatic heterocycles. The van der Waals surface area contributed by atoms with Crippen LogP contribution >= 0.6 is 12.2 Å². The van der Waals surface area contributed by atoms with Crippen LogP contribution in [0.15, 0.2) is 23.1 Å². The van der Waals surface area contributed by atoms with E-state index in [0.717, 1.165) is 25.3 Å². The van der Waals surface area contributed by atoms with Gasteiger partial charge in [0, 0.05) is 18.7 Å². The molecule has 0 bridgehead atoms. The summed E-state index contributed by atoms with van der Waals surface area (Å²) in [6, 6.07) is 3.57. The first-order valence-electron chi connectivity index (χ1n) is 6.95. The number of benzene rings is 1. The molecule has 21 heavy (non-hydrogen) atoms. The van der Waals surface area contributed by atoms with Gasteiger partial charge in [-0.15, -0.1) is 0 Å². The van der Waals surface area contributed by atoms with E-state index in [9.17, 15) is 12.8 Å². The summed E-state index contributed by atoms with van der Waals surface area (Å²) in [7, 11) is -3.64. The molecule has 1 aromatic rings. The summed E-state index contributed by atoms with van der Waals surface area (Å²) in [5, 5.41) is 0. The number of hydrogen-bond donors (Lipinski definition) is 1. The van der Waals surface area contributed by atoms with Crippen molar-refractivity contribution in [1.82, 2.24) is 4.31 Å². The lowest BCUT2D eigenvalue weighted by Crippen LogP contribution is -2.37.